The third kappa shape index (κ3) is 5.36. The molecule has 0 radical (unpaired) electrons. The van der Waals surface area contributed by atoms with E-state index in [1.165, 1.54) is 21.3 Å². The number of amides is 1. The standard InChI is InChI=1S/C29H29NO8/c1-34-19-11-9-17(10-12-19)16-30-25(31)15-21(18-13-23(35-2)28(37-4)24(14-18)36-3)26-27(32)20-7-5-6-8-22(20)38-29(26)33/h5-14,21,32H,15-16H2,1-4H3,(H,30,31)/t21-/m0/s1. The van der Waals surface area contributed by atoms with Crippen LogP contribution in [0.1, 0.15) is 29.0 Å². The largest absolute Gasteiger partial charge is 0.507 e. The van der Waals surface area contributed by atoms with Gasteiger partial charge in [-0.1, -0.05) is 24.3 Å². The summed E-state index contributed by atoms with van der Waals surface area (Å²) < 4.78 is 27.1. The zero-order valence-electron chi connectivity index (χ0n) is 21.6. The van der Waals surface area contributed by atoms with E-state index in [2.05, 4.69) is 5.32 Å². The van der Waals surface area contributed by atoms with Gasteiger partial charge in [-0.3, -0.25) is 4.79 Å². The van der Waals surface area contributed by atoms with Gasteiger partial charge in [0.05, 0.1) is 39.4 Å². The summed E-state index contributed by atoms with van der Waals surface area (Å²) in [5, 5.41) is 14.4. The zero-order valence-corrected chi connectivity index (χ0v) is 21.6. The maximum absolute atomic E-state index is 13.2. The predicted octanol–water partition coefficient (Wildman–Crippen LogP) is 4.37. The number of rotatable bonds is 10. The first-order chi connectivity index (χ1) is 18.4. The van der Waals surface area contributed by atoms with Crippen molar-refractivity contribution in [2.24, 2.45) is 0 Å². The maximum Gasteiger partial charge on any atom is 0.343 e. The van der Waals surface area contributed by atoms with Crippen LogP contribution in [0.15, 0.2) is 69.9 Å². The quantitative estimate of drug-likeness (QED) is 0.297. The van der Waals surface area contributed by atoms with Crippen molar-refractivity contribution in [2.45, 2.75) is 18.9 Å². The van der Waals surface area contributed by atoms with Gasteiger partial charge in [-0.25, -0.2) is 4.79 Å². The van der Waals surface area contributed by atoms with Crippen LogP contribution in [0.25, 0.3) is 11.0 Å². The highest BCUT2D eigenvalue weighted by Gasteiger charge is 2.29. The highest BCUT2D eigenvalue weighted by atomic mass is 16.5. The first kappa shape index (κ1) is 26.4. The average Bonchev–Trinajstić information content (AvgIpc) is 2.94. The van der Waals surface area contributed by atoms with Gasteiger partial charge in [-0.05, 0) is 47.5 Å². The fourth-order valence-corrected chi connectivity index (χ4v) is 4.35. The van der Waals surface area contributed by atoms with Gasteiger partial charge >= 0.3 is 5.63 Å². The number of ether oxygens (including phenoxy) is 4. The van der Waals surface area contributed by atoms with E-state index in [0.717, 1.165) is 5.56 Å². The normalized spacial score (nSPS) is 11.6. The van der Waals surface area contributed by atoms with Crippen LogP contribution in [0.2, 0.25) is 0 Å². The molecule has 0 aliphatic rings. The second-order valence-electron chi connectivity index (χ2n) is 8.49. The van der Waals surface area contributed by atoms with Crippen molar-refractivity contribution >= 4 is 16.9 Å². The summed E-state index contributed by atoms with van der Waals surface area (Å²) in [4.78, 5) is 26.3. The van der Waals surface area contributed by atoms with Crippen LogP contribution in [-0.2, 0) is 11.3 Å². The van der Waals surface area contributed by atoms with Crippen molar-refractivity contribution in [2.75, 3.05) is 28.4 Å². The third-order valence-corrected chi connectivity index (χ3v) is 6.30. The Morgan fingerprint density at radius 1 is 0.921 bits per heavy atom. The van der Waals surface area contributed by atoms with E-state index < -0.39 is 11.5 Å². The lowest BCUT2D eigenvalue weighted by Crippen LogP contribution is -2.26. The molecule has 4 aromatic rings. The minimum absolute atomic E-state index is 0.0439. The number of methoxy groups -OCH3 is 4. The molecule has 0 fully saturated rings. The van der Waals surface area contributed by atoms with E-state index in [1.54, 1.807) is 55.6 Å². The van der Waals surface area contributed by atoms with E-state index in [9.17, 15) is 14.7 Å². The van der Waals surface area contributed by atoms with Gasteiger partial charge in [0.15, 0.2) is 11.5 Å². The molecule has 0 saturated carbocycles. The fourth-order valence-electron chi connectivity index (χ4n) is 4.35. The Morgan fingerprint density at radius 3 is 2.18 bits per heavy atom. The molecule has 1 aromatic heterocycles. The van der Waals surface area contributed by atoms with Gasteiger partial charge in [0, 0.05) is 18.9 Å². The minimum Gasteiger partial charge on any atom is -0.507 e. The lowest BCUT2D eigenvalue weighted by Gasteiger charge is -2.21. The number of benzene rings is 3. The van der Waals surface area contributed by atoms with Crippen molar-refractivity contribution in [1.82, 2.24) is 5.32 Å². The lowest BCUT2D eigenvalue weighted by atomic mass is 9.87. The van der Waals surface area contributed by atoms with E-state index in [4.69, 9.17) is 23.4 Å². The molecule has 0 aliphatic carbocycles. The van der Waals surface area contributed by atoms with Crippen molar-refractivity contribution in [3.8, 4) is 28.7 Å². The smallest absolute Gasteiger partial charge is 0.343 e. The van der Waals surface area contributed by atoms with Crippen LogP contribution >= 0.6 is 0 Å². The molecule has 9 nitrogen and oxygen atoms in total. The minimum atomic E-state index is -0.888. The molecule has 4 rings (SSSR count). The summed E-state index contributed by atoms with van der Waals surface area (Å²) in [6.07, 6.45) is -0.161. The van der Waals surface area contributed by atoms with E-state index in [1.807, 2.05) is 12.1 Å². The number of fused-ring (bicyclic) bond motifs is 1. The first-order valence-electron chi connectivity index (χ1n) is 11.8. The molecule has 3 aromatic carbocycles. The number of carbonyl (C=O) groups excluding carboxylic acids is 1. The van der Waals surface area contributed by atoms with Gasteiger partial charge in [-0.15, -0.1) is 0 Å². The number of hydrogen-bond donors (Lipinski definition) is 2. The molecule has 1 amide bonds. The fraction of sp³-hybridized carbons (Fsp3) is 0.241. The summed E-state index contributed by atoms with van der Waals surface area (Å²) in [6, 6.07) is 17.3. The van der Waals surface area contributed by atoms with Crippen LogP contribution in [0.4, 0.5) is 0 Å². The zero-order chi connectivity index (χ0) is 27.2. The number of carbonyl (C=O) groups is 1. The number of hydrogen-bond acceptors (Lipinski definition) is 8. The van der Waals surface area contributed by atoms with Crippen molar-refractivity contribution < 1.29 is 33.3 Å². The Hall–Kier alpha value is -4.66. The van der Waals surface area contributed by atoms with Gasteiger partial charge in [0.1, 0.15) is 17.1 Å². The highest BCUT2D eigenvalue weighted by molar-refractivity contribution is 5.85. The molecule has 0 unspecified atom stereocenters. The summed E-state index contributed by atoms with van der Waals surface area (Å²) >= 11 is 0. The summed E-state index contributed by atoms with van der Waals surface area (Å²) in [7, 11) is 6.01. The van der Waals surface area contributed by atoms with Crippen LogP contribution in [0.5, 0.6) is 28.7 Å². The summed E-state index contributed by atoms with van der Waals surface area (Å²) in [5.74, 6) is 0.271. The molecule has 38 heavy (non-hydrogen) atoms. The van der Waals surface area contributed by atoms with Crippen LogP contribution < -0.4 is 29.9 Å². The molecule has 9 heteroatoms. The van der Waals surface area contributed by atoms with Crippen molar-refractivity contribution in [3.63, 3.8) is 0 Å². The van der Waals surface area contributed by atoms with Gasteiger partial charge in [-0.2, -0.15) is 0 Å². The Bertz CT molecular complexity index is 1470. The maximum atomic E-state index is 13.2. The molecule has 198 valence electrons. The Balaban J connectivity index is 1.76. The SMILES string of the molecule is COc1ccc(CNC(=O)C[C@@H](c2cc(OC)c(OC)c(OC)c2)c2c(O)c3ccccc3oc2=O)cc1. The molecule has 2 N–H and O–H groups in total. The average molecular weight is 520 g/mol. The van der Waals surface area contributed by atoms with Crippen LogP contribution in [0.3, 0.4) is 0 Å². The Labute approximate surface area is 219 Å². The number of para-hydroxylation sites is 1. The molecule has 0 saturated heterocycles. The molecule has 1 atom stereocenters. The molecular formula is C29H29NO8. The monoisotopic (exact) mass is 519 g/mol. The molecule has 0 aliphatic heterocycles. The predicted molar refractivity (Wildman–Crippen MR) is 142 cm³/mol. The third-order valence-electron chi connectivity index (χ3n) is 6.30. The van der Waals surface area contributed by atoms with Crippen molar-refractivity contribution in [3.05, 3.63) is 87.8 Å². The molecular weight excluding hydrogens is 490 g/mol. The molecule has 1 heterocycles. The second kappa shape index (κ2) is 11.6. The lowest BCUT2D eigenvalue weighted by molar-refractivity contribution is -0.121. The topological polar surface area (TPSA) is 116 Å². The second-order valence-corrected chi connectivity index (χ2v) is 8.49. The first-order valence-corrected chi connectivity index (χ1v) is 11.8. The van der Waals surface area contributed by atoms with Crippen molar-refractivity contribution in [1.29, 1.82) is 0 Å². The van der Waals surface area contributed by atoms with Gasteiger partial charge in [0.25, 0.3) is 0 Å². The summed E-state index contributed by atoms with van der Waals surface area (Å²) in [5.41, 5.74) is 0.820. The number of nitrogens with one attached hydrogen (secondary N) is 1. The van der Waals surface area contributed by atoms with Gasteiger partial charge in [0.2, 0.25) is 11.7 Å². The van der Waals surface area contributed by atoms with E-state index in [0.29, 0.717) is 33.9 Å². The molecule has 0 bridgehead atoms. The van der Waals surface area contributed by atoms with Gasteiger partial charge < -0.3 is 33.8 Å². The van der Waals surface area contributed by atoms with E-state index in [-0.39, 0.29) is 35.8 Å². The van der Waals surface area contributed by atoms with E-state index >= 15 is 0 Å². The van der Waals surface area contributed by atoms with Crippen LogP contribution in [-0.4, -0.2) is 39.5 Å². The molecule has 0 spiro atoms. The summed E-state index contributed by atoms with van der Waals surface area (Å²) in [6.45, 7) is 0.267. The van der Waals surface area contributed by atoms with Crippen LogP contribution in [0, 0.1) is 0 Å². The Kier molecular flexibility index (Phi) is 8.06. The highest BCUT2D eigenvalue weighted by Crippen LogP contribution is 2.43. The number of aromatic hydroxyl groups is 1. The Morgan fingerprint density at radius 2 is 1.58 bits per heavy atom.